The van der Waals surface area contributed by atoms with Gasteiger partial charge >= 0.3 is 18.0 Å². The Morgan fingerprint density at radius 3 is 2.14 bits per heavy atom. The molecule has 0 aliphatic carbocycles. The molecule has 2 aromatic rings. The second kappa shape index (κ2) is 19.3. The normalized spacial score (nSPS) is 15.2. The maximum absolute atomic E-state index is 13.6. The Bertz CT molecular complexity index is 1390. The van der Waals surface area contributed by atoms with Crippen LogP contribution < -0.4 is 16.0 Å². The molecule has 0 saturated heterocycles. The van der Waals surface area contributed by atoms with Crippen molar-refractivity contribution in [3.05, 3.63) is 52.0 Å². The van der Waals surface area contributed by atoms with Crippen molar-refractivity contribution in [3.8, 4) is 0 Å². The Balaban J connectivity index is 2.26. The second-order valence-electron chi connectivity index (χ2n) is 13.8. The van der Waals surface area contributed by atoms with E-state index in [9.17, 15) is 24.0 Å². The molecule has 0 aliphatic rings. The van der Waals surface area contributed by atoms with E-state index in [-0.39, 0.29) is 41.9 Å². The van der Waals surface area contributed by atoms with Gasteiger partial charge < -0.3 is 30.2 Å². The minimum Gasteiger partial charge on any atom is -0.469 e. The first-order chi connectivity index (χ1) is 22.9. The highest BCUT2D eigenvalue weighted by Gasteiger charge is 2.33. The topological polar surface area (TPSA) is 162 Å². The number of carbonyl (C=O) groups is 5. The van der Waals surface area contributed by atoms with E-state index in [2.05, 4.69) is 20.9 Å². The molecule has 0 bridgehead atoms. The molecule has 0 spiro atoms. The molecule has 6 atom stereocenters. The molecule has 49 heavy (non-hydrogen) atoms. The summed E-state index contributed by atoms with van der Waals surface area (Å²) in [6.07, 6.45) is 0.134. The number of esters is 2. The predicted molar refractivity (Wildman–Crippen MR) is 188 cm³/mol. The number of ether oxygens (including phenoxy) is 3. The van der Waals surface area contributed by atoms with Gasteiger partial charge in [-0.25, -0.2) is 9.78 Å². The molecule has 272 valence electrons. The number of amides is 3. The Labute approximate surface area is 294 Å². The van der Waals surface area contributed by atoms with Crippen LogP contribution in [0.4, 0.5) is 4.79 Å². The minimum absolute atomic E-state index is 0.0839. The van der Waals surface area contributed by atoms with Gasteiger partial charge in [0.15, 0.2) is 6.10 Å². The van der Waals surface area contributed by atoms with Crippen molar-refractivity contribution in [1.82, 2.24) is 20.9 Å². The van der Waals surface area contributed by atoms with Gasteiger partial charge in [-0.3, -0.25) is 19.2 Å². The fourth-order valence-electron chi connectivity index (χ4n) is 5.15. The Hall–Kier alpha value is -4.00. The SMILES string of the molecule is CCC(C)[C@H](NC(=O)OC(C)(C)C)C(=O)N[C@H](C[C@@H](OC(C)=O)c1nc(C(=O)N[C@@H](Cc2ccccc2)C[C@H](C)C(=O)OC)cs1)C(C)C. The highest BCUT2D eigenvalue weighted by molar-refractivity contribution is 7.09. The summed E-state index contributed by atoms with van der Waals surface area (Å²) in [6.45, 7) is 15.9. The van der Waals surface area contributed by atoms with E-state index in [0.29, 0.717) is 24.3 Å². The Morgan fingerprint density at radius 1 is 0.939 bits per heavy atom. The van der Waals surface area contributed by atoms with Crippen LogP contribution in [0.1, 0.15) is 109 Å². The van der Waals surface area contributed by atoms with E-state index in [1.54, 1.807) is 33.1 Å². The number of hydrogen-bond acceptors (Lipinski definition) is 10. The maximum Gasteiger partial charge on any atom is 0.408 e. The molecule has 1 unspecified atom stereocenters. The summed E-state index contributed by atoms with van der Waals surface area (Å²) >= 11 is 1.17. The lowest BCUT2D eigenvalue weighted by atomic mass is 9.94. The quantitative estimate of drug-likeness (QED) is 0.138. The number of benzene rings is 1. The lowest BCUT2D eigenvalue weighted by molar-refractivity contribution is -0.147. The third-order valence-corrected chi connectivity index (χ3v) is 8.94. The number of methoxy groups -OCH3 is 1. The summed E-state index contributed by atoms with van der Waals surface area (Å²) in [4.78, 5) is 68.5. The second-order valence-corrected chi connectivity index (χ2v) is 14.7. The number of nitrogens with zero attached hydrogens (tertiary/aromatic N) is 1. The Kier molecular flexibility index (Phi) is 16.2. The minimum atomic E-state index is -0.853. The van der Waals surface area contributed by atoms with Crippen LogP contribution in [0.25, 0.3) is 0 Å². The largest absolute Gasteiger partial charge is 0.469 e. The lowest BCUT2D eigenvalue weighted by Crippen LogP contribution is -2.54. The highest BCUT2D eigenvalue weighted by atomic mass is 32.1. The van der Waals surface area contributed by atoms with Gasteiger partial charge in [-0.05, 0) is 51.0 Å². The van der Waals surface area contributed by atoms with Gasteiger partial charge in [0.25, 0.3) is 5.91 Å². The van der Waals surface area contributed by atoms with E-state index in [4.69, 9.17) is 14.2 Å². The van der Waals surface area contributed by atoms with Crippen molar-refractivity contribution >= 4 is 41.2 Å². The van der Waals surface area contributed by atoms with Gasteiger partial charge in [-0.1, -0.05) is 71.4 Å². The van der Waals surface area contributed by atoms with Gasteiger partial charge in [-0.2, -0.15) is 0 Å². The molecule has 0 fully saturated rings. The molecule has 0 aliphatic heterocycles. The number of hydrogen-bond donors (Lipinski definition) is 3. The number of aromatic nitrogens is 1. The summed E-state index contributed by atoms with van der Waals surface area (Å²) in [6, 6.07) is 7.93. The third kappa shape index (κ3) is 14.2. The van der Waals surface area contributed by atoms with Gasteiger partial charge in [0, 0.05) is 30.8 Å². The molecule has 1 heterocycles. The fourth-order valence-corrected chi connectivity index (χ4v) is 5.99. The summed E-state index contributed by atoms with van der Waals surface area (Å²) in [5.74, 6) is -2.43. The van der Waals surface area contributed by atoms with Crippen LogP contribution in [-0.4, -0.2) is 65.7 Å². The van der Waals surface area contributed by atoms with E-state index in [0.717, 1.165) is 5.56 Å². The number of carbonyl (C=O) groups excluding carboxylic acids is 5. The molecule has 0 radical (unpaired) electrons. The molecule has 3 amide bonds. The van der Waals surface area contributed by atoms with Crippen LogP contribution in [0.5, 0.6) is 0 Å². The number of nitrogens with one attached hydrogen (secondary N) is 3. The average Bonchev–Trinajstić information content (AvgIpc) is 3.52. The zero-order valence-electron chi connectivity index (χ0n) is 30.5. The van der Waals surface area contributed by atoms with Crippen molar-refractivity contribution < 1.29 is 38.2 Å². The van der Waals surface area contributed by atoms with Crippen LogP contribution in [0, 0.1) is 17.8 Å². The van der Waals surface area contributed by atoms with Crippen LogP contribution >= 0.6 is 11.3 Å². The molecular formula is C36H54N4O8S. The first-order valence-corrected chi connectivity index (χ1v) is 17.7. The highest BCUT2D eigenvalue weighted by Crippen LogP contribution is 2.29. The molecule has 1 aromatic heterocycles. The summed E-state index contributed by atoms with van der Waals surface area (Å²) < 4.78 is 16.0. The first kappa shape index (κ1) is 41.2. The van der Waals surface area contributed by atoms with Crippen molar-refractivity contribution in [2.45, 2.75) is 118 Å². The summed E-state index contributed by atoms with van der Waals surface area (Å²) in [7, 11) is 1.33. The molecule has 13 heteroatoms. The Morgan fingerprint density at radius 2 is 1.59 bits per heavy atom. The molecule has 12 nitrogen and oxygen atoms in total. The first-order valence-electron chi connectivity index (χ1n) is 16.8. The lowest BCUT2D eigenvalue weighted by Gasteiger charge is -2.30. The van der Waals surface area contributed by atoms with E-state index in [1.807, 2.05) is 58.0 Å². The molecule has 3 N–H and O–H groups in total. The standard InChI is InChI=1S/C36H54N4O8S/c1-11-22(4)30(40-35(45)48-36(7,8)9)32(43)38-27(21(2)3)19-29(47-24(6)41)33-39-28(20-49-33)31(42)37-26(17-23(5)34(44)46-10)18-25-15-13-12-14-16-25/h12-16,20-23,26-27,29-30H,11,17-19H2,1-10H3,(H,37,42)(H,38,43)(H,40,45)/t22?,23-,26+,27+,29+,30-/m0/s1. The maximum atomic E-state index is 13.6. The molecule has 2 rings (SSSR count). The van der Waals surface area contributed by atoms with E-state index < -0.39 is 47.7 Å². The zero-order valence-corrected chi connectivity index (χ0v) is 31.3. The van der Waals surface area contributed by atoms with Crippen LogP contribution in [0.3, 0.4) is 0 Å². The van der Waals surface area contributed by atoms with E-state index in [1.165, 1.54) is 25.4 Å². The van der Waals surface area contributed by atoms with E-state index >= 15 is 0 Å². The predicted octanol–water partition coefficient (Wildman–Crippen LogP) is 5.76. The monoisotopic (exact) mass is 702 g/mol. The third-order valence-electron chi connectivity index (χ3n) is 8.01. The van der Waals surface area contributed by atoms with Gasteiger partial charge in [0.2, 0.25) is 5.91 Å². The van der Waals surface area contributed by atoms with Crippen LogP contribution in [0.15, 0.2) is 35.7 Å². The molecule has 1 aromatic carbocycles. The summed E-state index contributed by atoms with van der Waals surface area (Å²) in [5, 5.41) is 10.8. The van der Waals surface area contributed by atoms with Gasteiger partial charge in [0.1, 0.15) is 22.3 Å². The zero-order chi connectivity index (χ0) is 36.9. The number of rotatable bonds is 17. The van der Waals surface area contributed by atoms with Gasteiger partial charge in [0.05, 0.1) is 13.0 Å². The number of thiazole rings is 1. The van der Waals surface area contributed by atoms with Crippen LogP contribution in [-0.2, 0) is 35.0 Å². The summed E-state index contributed by atoms with van der Waals surface area (Å²) in [5.41, 5.74) is 0.410. The molecule has 0 saturated carbocycles. The molecular weight excluding hydrogens is 648 g/mol. The fraction of sp³-hybridized carbons (Fsp3) is 0.611. The van der Waals surface area contributed by atoms with Crippen molar-refractivity contribution in [3.63, 3.8) is 0 Å². The number of alkyl carbamates (subject to hydrolysis) is 1. The van der Waals surface area contributed by atoms with Crippen molar-refractivity contribution in [1.29, 1.82) is 0 Å². The van der Waals surface area contributed by atoms with Gasteiger partial charge in [-0.15, -0.1) is 11.3 Å². The van der Waals surface area contributed by atoms with Crippen LogP contribution in [0.2, 0.25) is 0 Å². The van der Waals surface area contributed by atoms with Crippen molar-refractivity contribution in [2.24, 2.45) is 17.8 Å². The van der Waals surface area contributed by atoms with Crippen molar-refractivity contribution in [2.75, 3.05) is 7.11 Å². The average molecular weight is 703 g/mol. The smallest absolute Gasteiger partial charge is 0.408 e.